The maximum absolute atomic E-state index is 13.6. The van der Waals surface area contributed by atoms with Gasteiger partial charge < -0.3 is 19.5 Å². The predicted molar refractivity (Wildman–Crippen MR) is 170 cm³/mol. The van der Waals surface area contributed by atoms with Crippen molar-refractivity contribution < 1.29 is 32.2 Å². The number of esters is 1. The lowest BCUT2D eigenvalue weighted by atomic mass is 10.1. The summed E-state index contributed by atoms with van der Waals surface area (Å²) >= 11 is 12.1. The highest BCUT2D eigenvalue weighted by Crippen LogP contribution is 2.28. The Balaban J connectivity index is 1.74. The number of aromatic nitrogens is 1. The Morgan fingerprint density at radius 1 is 0.932 bits per heavy atom. The SMILES string of the molecule is COC(=O)[C@H](Cc1ccc(NC(=O)c2c(Cl)cncc2Cl)cc1)NS(=O)(=O)N(CCc1ccc(OC)c(OC)c1)CC(C)C. The molecule has 0 aliphatic heterocycles. The highest BCUT2D eigenvalue weighted by molar-refractivity contribution is 7.87. The molecule has 44 heavy (non-hydrogen) atoms. The molecule has 1 atom stereocenters. The molecule has 0 saturated heterocycles. The Hall–Kier alpha value is -3.42. The fraction of sp³-hybridized carbons (Fsp3) is 0.367. The molecule has 2 aromatic carbocycles. The van der Waals surface area contributed by atoms with Crippen molar-refractivity contribution in [3.63, 3.8) is 0 Å². The Bertz CT molecular complexity index is 1530. The molecule has 238 valence electrons. The normalized spacial score (nSPS) is 12.2. The first-order valence-electron chi connectivity index (χ1n) is 13.6. The number of carbonyl (C=O) groups excluding carboxylic acids is 2. The standard InChI is InChI=1S/C30H36Cl2N4O7S/c1-19(2)18-36(13-12-21-8-11-26(41-3)27(15-21)42-4)44(39,40)35-25(30(38)43-5)14-20-6-9-22(10-7-20)34-29(37)28-23(31)16-33-17-24(28)32/h6-11,15-17,19,25,35H,12-14,18H2,1-5H3,(H,34,37)/t25-/m0/s1. The first-order chi connectivity index (χ1) is 20.9. The summed E-state index contributed by atoms with van der Waals surface area (Å²) in [5.41, 5.74) is 2.01. The molecule has 3 rings (SSSR count). The lowest BCUT2D eigenvalue weighted by Crippen LogP contribution is -2.50. The number of nitrogens with zero attached hydrogens (tertiary/aromatic N) is 2. The number of methoxy groups -OCH3 is 3. The largest absolute Gasteiger partial charge is 0.493 e. The number of carbonyl (C=O) groups is 2. The molecule has 11 nitrogen and oxygen atoms in total. The summed E-state index contributed by atoms with van der Waals surface area (Å²) < 4.78 is 46.6. The third kappa shape index (κ3) is 9.54. The van der Waals surface area contributed by atoms with E-state index in [9.17, 15) is 18.0 Å². The maximum atomic E-state index is 13.6. The summed E-state index contributed by atoms with van der Waals surface area (Å²) in [7, 11) is 0.158. The lowest BCUT2D eigenvalue weighted by Gasteiger charge is -2.27. The van der Waals surface area contributed by atoms with Crippen LogP contribution in [-0.4, -0.2) is 70.0 Å². The highest BCUT2D eigenvalue weighted by Gasteiger charge is 2.30. The van der Waals surface area contributed by atoms with Gasteiger partial charge in [0.25, 0.3) is 16.1 Å². The second-order valence-corrected chi connectivity index (χ2v) is 12.7. The third-order valence-electron chi connectivity index (χ3n) is 6.52. The van der Waals surface area contributed by atoms with Gasteiger partial charge >= 0.3 is 5.97 Å². The second kappa shape index (κ2) is 16.1. The molecule has 14 heteroatoms. The maximum Gasteiger partial charge on any atom is 0.324 e. The van der Waals surface area contributed by atoms with Crippen LogP contribution in [0.3, 0.4) is 0 Å². The van der Waals surface area contributed by atoms with Crippen LogP contribution >= 0.6 is 23.2 Å². The first-order valence-corrected chi connectivity index (χ1v) is 15.8. The Morgan fingerprint density at radius 3 is 2.11 bits per heavy atom. The monoisotopic (exact) mass is 666 g/mol. The van der Waals surface area contributed by atoms with E-state index >= 15 is 0 Å². The van der Waals surface area contributed by atoms with Crippen molar-refractivity contribution in [2.75, 3.05) is 39.7 Å². The number of ether oxygens (including phenoxy) is 3. The van der Waals surface area contributed by atoms with E-state index in [2.05, 4.69) is 15.0 Å². The Kier molecular flexibility index (Phi) is 12.8. The van der Waals surface area contributed by atoms with E-state index in [4.69, 9.17) is 37.4 Å². The average Bonchev–Trinajstić information content (AvgIpc) is 2.98. The molecule has 1 amide bonds. The summed E-state index contributed by atoms with van der Waals surface area (Å²) in [6, 6.07) is 10.8. The van der Waals surface area contributed by atoms with Crippen molar-refractivity contribution in [2.24, 2.45) is 5.92 Å². The molecule has 0 spiro atoms. The van der Waals surface area contributed by atoms with E-state index in [1.165, 1.54) is 30.9 Å². The molecule has 2 N–H and O–H groups in total. The Labute approximate surface area is 268 Å². The van der Waals surface area contributed by atoms with Crippen LogP contribution in [0.2, 0.25) is 10.0 Å². The summed E-state index contributed by atoms with van der Waals surface area (Å²) in [4.78, 5) is 29.2. The molecule has 0 unspecified atom stereocenters. The molecule has 0 bridgehead atoms. The number of amides is 1. The van der Waals surface area contributed by atoms with Gasteiger partial charge in [-0.2, -0.15) is 17.4 Å². The summed E-state index contributed by atoms with van der Waals surface area (Å²) in [5.74, 6) is -0.120. The molecular weight excluding hydrogens is 631 g/mol. The molecule has 3 aromatic rings. The van der Waals surface area contributed by atoms with E-state index in [1.54, 1.807) is 43.5 Å². The van der Waals surface area contributed by atoms with E-state index < -0.39 is 28.1 Å². The summed E-state index contributed by atoms with van der Waals surface area (Å²) in [6.07, 6.45) is 3.04. The zero-order valence-corrected chi connectivity index (χ0v) is 27.4. The molecule has 0 radical (unpaired) electrons. The smallest absolute Gasteiger partial charge is 0.324 e. The van der Waals surface area contributed by atoms with Crippen molar-refractivity contribution in [3.8, 4) is 11.5 Å². The van der Waals surface area contributed by atoms with Gasteiger partial charge in [0, 0.05) is 31.2 Å². The number of halogens is 2. The van der Waals surface area contributed by atoms with E-state index in [0.717, 1.165) is 5.56 Å². The minimum atomic E-state index is -4.11. The van der Waals surface area contributed by atoms with Crippen LogP contribution in [0.25, 0.3) is 0 Å². The number of anilines is 1. The van der Waals surface area contributed by atoms with Crippen molar-refractivity contribution in [3.05, 3.63) is 81.6 Å². The zero-order chi connectivity index (χ0) is 32.4. The van der Waals surface area contributed by atoms with Crippen LogP contribution in [-0.2, 0) is 32.6 Å². The molecule has 1 heterocycles. The molecule has 1 aromatic heterocycles. The number of hydrogen-bond donors (Lipinski definition) is 2. The number of hydrogen-bond acceptors (Lipinski definition) is 8. The van der Waals surface area contributed by atoms with Gasteiger partial charge in [-0.25, -0.2) is 0 Å². The molecular formula is C30H36Cl2N4O7S. The van der Waals surface area contributed by atoms with Gasteiger partial charge in [0.15, 0.2) is 11.5 Å². The number of rotatable bonds is 15. The van der Waals surface area contributed by atoms with Gasteiger partial charge in [-0.3, -0.25) is 14.6 Å². The molecule has 0 fully saturated rings. The van der Waals surface area contributed by atoms with Gasteiger partial charge in [0.05, 0.1) is 36.9 Å². The van der Waals surface area contributed by atoms with E-state index in [1.807, 2.05) is 19.9 Å². The highest BCUT2D eigenvalue weighted by atomic mass is 35.5. The van der Waals surface area contributed by atoms with Crippen LogP contribution in [0.4, 0.5) is 5.69 Å². The molecule has 0 aliphatic carbocycles. The fourth-order valence-corrected chi connectivity index (χ4v) is 6.41. The molecule has 0 aliphatic rings. The first kappa shape index (κ1) is 35.1. The number of benzene rings is 2. The van der Waals surface area contributed by atoms with Gasteiger partial charge in [-0.1, -0.05) is 55.2 Å². The minimum absolute atomic E-state index is 0.00728. The second-order valence-electron chi connectivity index (χ2n) is 10.2. The van der Waals surface area contributed by atoms with Crippen LogP contribution in [0.5, 0.6) is 11.5 Å². The van der Waals surface area contributed by atoms with E-state index in [-0.39, 0.29) is 41.0 Å². The van der Waals surface area contributed by atoms with Crippen LogP contribution in [0.1, 0.15) is 35.3 Å². The fourth-order valence-electron chi connectivity index (χ4n) is 4.36. The molecule has 0 saturated carbocycles. The summed E-state index contributed by atoms with van der Waals surface area (Å²) in [6.45, 7) is 4.22. The number of pyridine rings is 1. The van der Waals surface area contributed by atoms with Crippen LogP contribution in [0, 0.1) is 5.92 Å². The van der Waals surface area contributed by atoms with Crippen LogP contribution in [0.15, 0.2) is 54.9 Å². The summed E-state index contributed by atoms with van der Waals surface area (Å²) in [5, 5.41) is 2.92. The van der Waals surface area contributed by atoms with Crippen molar-refractivity contribution in [2.45, 2.75) is 32.7 Å². The number of nitrogens with one attached hydrogen (secondary N) is 2. The van der Waals surface area contributed by atoms with Crippen molar-refractivity contribution >= 4 is 51.0 Å². The van der Waals surface area contributed by atoms with Crippen molar-refractivity contribution in [1.29, 1.82) is 0 Å². The van der Waals surface area contributed by atoms with Gasteiger partial charge in [-0.05, 0) is 54.2 Å². The quantitative estimate of drug-likeness (QED) is 0.221. The predicted octanol–water partition coefficient (Wildman–Crippen LogP) is 4.78. The topological polar surface area (TPSA) is 136 Å². The van der Waals surface area contributed by atoms with Gasteiger partial charge in [-0.15, -0.1) is 0 Å². The van der Waals surface area contributed by atoms with Gasteiger partial charge in [0.1, 0.15) is 6.04 Å². The average molecular weight is 668 g/mol. The van der Waals surface area contributed by atoms with Crippen LogP contribution < -0.4 is 19.5 Å². The Morgan fingerprint density at radius 2 is 1.55 bits per heavy atom. The lowest BCUT2D eigenvalue weighted by molar-refractivity contribution is -0.142. The third-order valence-corrected chi connectivity index (χ3v) is 8.68. The zero-order valence-electron chi connectivity index (χ0n) is 25.1. The minimum Gasteiger partial charge on any atom is -0.493 e. The van der Waals surface area contributed by atoms with E-state index in [0.29, 0.717) is 29.2 Å². The van der Waals surface area contributed by atoms with Gasteiger partial charge in [0.2, 0.25) is 0 Å². The van der Waals surface area contributed by atoms with Crippen molar-refractivity contribution in [1.82, 2.24) is 14.0 Å².